The van der Waals surface area contributed by atoms with Gasteiger partial charge < -0.3 is 20.1 Å². The summed E-state index contributed by atoms with van der Waals surface area (Å²) >= 11 is 1.46. The molecule has 6 nitrogen and oxygen atoms in total. The quantitative estimate of drug-likeness (QED) is 0.542. The summed E-state index contributed by atoms with van der Waals surface area (Å²) < 4.78 is 5.39. The number of aromatic nitrogens is 2. The number of nitrogens with one attached hydrogen (secondary N) is 2. The monoisotopic (exact) mass is 385 g/mol. The van der Waals surface area contributed by atoms with Crippen molar-refractivity contribution in [2.75, 3.05) is 5.32 Å². The van der Waals surface area contributed by atoms with Crippen LogP contribution in [-0.2, 0) is 11.3 Å². The summed E-state index contributed by atoms with van der Waals surface area (Å²) in [4.78, 5) is 19.8. The maximum Gasteiger partial charge on any atom is 0.355 e. The second kappa shape index (κ2) is 7.94. The van der Waals surface area contributed by atoms with E-state index in [0.29, 0.717) is 17.0 Å². The van der Waals surface area contributed by atoms with Crippen molar-refractivity contribution in [2.24, 2.45) is 0 Å². The number of ether oxygens (including phenoxy) is 1. The molecular weight excluding hydrogens is 362 g/mol. The van der Waals surface area contributed by atoms with Crippen molar-refractivity contribution < 1.29 is 14.6 Å². The largest absolute Gasteiger partial charge is 0.454 e. The Kier molecular flexibility index (Phi) is 5.62. The van der Waals surface area contributed by atoms with Crippen molar-refractivity contribution in [3.8, 4) is 0 Å². The molecule has 27 heavy (non-hydrogen) atoms. The summed E-state index contributed by atoms with van der Waals surface area (Å²) in [6, 6.07) is 8.04. The molecule has 1 aromatic carbocycles. The molecule has 0 amide bonds. The van der Waals surface area contributed by atoms with Crippen LogP contribution in [0, 0.1) is 20.8 Å². The zero-order chi connectivity index (χ0) is 19.6. The van der Waals surface area contributed by atoms with E-state index in [0.717, 1.165) is 22.1 Å². The molecule has 2 heterocycles. The van der Waals surface area contributed by atoms with Crippen LogP contribution in [0.5, 0.6) is 0 Å². The smallest absolute Gasteiger partial charge is 0.355 e. The minimum atomic E-state index is -0.642. The Morgan fingerprint density at radius 2 is 2.00 bits per heavy atom. The molecule has 0 saturated carbocycles. The fourth-order valence-corrected chi connectivity index (χ4v) is 3.71. The highest BCUT2D eigenvalue weighted by Crippen LogP contribution is 2.25. The lowest BCUT2D eigenvalue weighted by atomic mass is 10.1. The van der Waals surface area contributed by atoms with Crippen molar-refractivity contribution >= 4 is 28.1 Å². The molecule has 0 aliphatic rings. The first-order chi connectivity index (χ1) is 12.8. The number of hydrogen-bond donors (Lipinski definition) is 3. The van der Waals surface area contributed by atoms with Gasteiger partial charge in [-0.15, -0.1) is 11.3 Å². The fourth-order valence-electron chi connectivity index (χ4n) is 3.00. The van der Waals surface area contributed by atoms with E-state index >= 15 is 0 Å². The SMILES string of the molecule is Cc1ccc(Nc2nc(COC(=O)c3[nH]c(C)c([C@@H](C)O)c3C)cs2)cc1. The number of esters is 1. The standard InChI is InChI=1S/C20H23N3O3S/c1-11-5-7-15(8-6-11)22-20-23-16(10-27-20)9-26-19(25)18-12(2)17(14(4)24)13(3)21-18/h5-8,10,14,21,24H,9H2,1-4H3,(H,22,23)/t14-/m1/s1. The van der Waals surface area contributed by atoms with Crippen molar-refractivity contribution in [1.82, 2.24) is 9.97 Å². The average Bonchev–Trinajstić information content (AvgIpc) is 3.18. The average molecular weight is 385 g/mol. The lowest BCUT2D eigenvalue weighted by molar-refractivity contribution is 0.0461. The van der Waals surface area contributed by atoms with Gasteiger partial charge in [0.1, 0.15) is 12.3 Å². The summed E-state index contributed by atoms with van der Waals surface area (Å²) in [6.45, 7) is 7.43. The third-order valence-corrected chi connectivity index (χ3v) is 5.13. The number of aliphatic hydroxyl groups is 1. The van der Waals surface area contributed by atoms with E-state index in [9.17, 15) is 9.90 Å². The molecular formula is C20H23N3O3S. The number of rotatable bonds is 6. The number of aromatic amines is 1. The molecule has 0 aliphatic carbocycles. The van der Waals surface area contributed by atoms with Crippen molar-refractivity contribution in [1.29, 1.82) is 0 Å². The highest BCUT2D eigenvalue weighted by molar-refractivity contribution is 7.13. The van der Waals surface area contributed by atoms with Gasteiger partial charge in [-0.1, -0.05) is 17.7 Å². The second-order valence-electron chi connectivity index (χ2n) is 6.55. The Morgan fingerprint density at radius 3 is 2.63 bits per heavy atom. The molecule has 1 atom stereocenters. The number of hydrogen-bond acceptors (Lipinski definition) is 6. The fraction of sp³-hybridized carbons (Fsp3) is 0.300. The highest BCUT2D eigenvalue weighted by atomic mass is 32.1. The minimum Gasteiger partial charge on any atom is -0.454 e. The van der Waals surface area contributed by atoms with Crippen LogP contribution in [0.2, 0.25) is 0 Å². The third kappa shape index (κ3) is 4.37. The number of benzene rings is 1. The number of nitrogens with zero attached hydrogens (tertiary/aromatic N) is 1. The van der Waals surface area contributed by atoms with Crippen LogP contribution in [0.4, 0.5) is 10.8 Å². The lowest BCUT2D eigenvalue weighted by Crippen LogP contribution is -2.08. The first-order valence-electron chi connectivity index (χ1n) is 8.67. The van der Waals surface area contributed by atoms with Gasteiger partial charge in [0.25, 0.3) is 0 Å². The summed E-state index contributed by atoms with van der Waals surface area (Å²) in [7, 11) is 0. The summed E-state index contributed by atoms with van der Waals surface area (Å²) in [5.41, 5.74) is 5.43. The van der Waals surface area contributed by atoms with Gasteiger partial charge in [0.15, 0.2) is 5.13 Å². The van der Waals surface area contributed by atoms with Gasteiger partial charge in [0.2, 0.25) is 0 Å². The van der Waals surface area contributed by atoms with E-state index in [-0.39, 0.29) is 6.61 Å². The summed E-state index contributed by atoms with van der Waals surface area (Å²) in [5.74, 6) is -0.455. The van der Waals surface area contributed by atoms with Crippen molar-refractivity contribution in [3.63, 3.8) is 0 Å². The van der Waals surface area contributed by atoms with Crippen LogP contribution in [0.3, 0.4) is 0 Å². The van der Waals surface area contributed by atoms with Crippen molar-refractivity contribution in [3.05, 3.63) is 63.4 Å². The minimum absolute atomic E-state index is 0.0897. The first kappa shape index (κ1) is 19.1. The van der Waals surface area contributed by atoms with Crippen LogP contribution >= 0.6 is 11.3 Å². The number of anilines is 2. The molecule has 0 spiro atoms. The molecule has 7 heteroatoms. The Labute approximate surface area is 162 Å². The molecule has 3 N–H and O–H groups in total. The van der Waals surface area contributed by atoms with Crippen LogP contribution in [0.15, 0.2) is 29.6 Å². The van der Waals surface area contributed by atoms with Crippen molar-refractivity contribution in [2.45, 2.75) is 40.4 Å². The molecule has 142 valence electrons. The molecule has 3 rings (SSSR count). The Morgan fingerprint density at radius 1 is 1.30 bits per heavy atom. The molecule has 0 aliphatic heterocycles. The van der Waals surface area contributed by atoms with Crippen LogP contribution in [0.1, 0.15) is 51.6 Å². The molecule has 0 saturated heterocycles. The van der Waals surface area contributed by atoms with E-state index < -0.39 is 12.1 Å². The number of aliphatic hydroxyl groups excluding tert-OH is 1. The van der Waals surface area contributed by atoms with E-state index in [1.54, 1.807) is 13.8 Å². The zero-order valence-corrected chi connectivity index (χ0v) is 16.6. The van der Waals surface area contributed by atoms with Gasteiger partial charge in [-0.25, -0.2) is 9.78 Å². The number of aryl methyl sites for hydroxylation is 2. The topological polar surface area (TPSA) is 87.2 Å². The number of H-pyrrole nitrogens is 1. The molecule has 0 unspecified atom stereocenters. The number of thiazole rings is 1. The molecule has 3 aromatic rings. The van der Waals surface area contributed by atoms with Gasteiger partial charge in [-0.3, -0.25) is 0 Å². The predicted molar refractivity (Wildman–Crippen MR) is 107 cm³/mol. The summed E-state index contributed by atoms with van der Waals surface area (Å²) in [5, 5.41) is 15.7. The molecule has 0 radical (unpaired) electrons. The van der Waals surface area contributed by atoms with Gasteiger partial charge in [-0.05, 0) is 45.4 Å². The highest BCUT2D eigenvalue weighted by Gasteiger charge is 2.21. The van der Waals surface area contributed by atoms with Gasteiger partial charge in [0, 0.05) is 22.3 Å². The summed E-state index contributed by atoms with van der Waals surface area (Å²) in [6.07, 6.45) is -0.642. The number of carbonyl (C=O) groups excluding carboxylic acids is 1. The molecule has 0 bridgehead atoms. The van der Waals surface area contributed by atoms with E-state index in [1.165, 1.54) is 16.9 Å². The van der Waals surface area contributed by atoms with Gasteiger partial charge >= 0.3 is 5.97 Å². The van der Waals surface area contributed by atoms with Crippen LogP contribution in [-0.4, -0.2) is 21.0 Å². The van der Waals surface area contributed by atoms with Gasteiger partial charge in [-0.2, -0.15) is 0 Å². The van der Waals surface area contributed by atoms with E-state index in [1.807, 2.05) is 43.5 Å². The lowest BCUT2D eigenvalue weighted by Gasteiger charge is -2.05. The van der Waals surface area contributed by atoms with Crippen LogP contribution < -0.4 is 5.32 Å². The van der Waals surface area contributed by atoms with Crippen LogP contribution in [0.25, 0.3) is 0 Å². The molecule has 0 fully saturated rings. The number of carbonyl (C=O) groups is 1. The predicted octanol–water partition coefficient (Wildman–Crippen LogP) is 4.55. The Hall–Kier alpha value is -2.64. The zero-order valence-electron chi connectivity index (χ0n) is 15.8. The Bertz CT molecular complexity index is 942. The third-order valence-electron chi connectivity index (χ3n) is 4.32. The van der Waals surface area contributed by atoms with E-state index in [2.05, 4.69) is 15.3 Å². The first-order valence-corrected chi connectivity index (χ1v) is 9.55. The molecule has 2 aromatic heterocycles. The normalized spacial score (nSPS) is 12.0. The maximum atomic E-state index is 12.4. The van der Waals surface area contributed by atoms with E-state index in [4.69, 9.17) is 4.74 Å². The second-order valence-corrected chi connectivity index (χ2v) is 7.41. The van der Waals surface area contributed by atoms with Gasteiger partial charge in [0.05, 0.1) is 11.8 Å². The maximum absolute atomic E-state index is 12.4. The Balaban J connectivity index is 1.62.